The molecule has 0 spiro atoms. The largest absolute Gasteiger partial charge is 0.354 e. The number of nitrogens with zero attached hydrogens (tertiary/aromatic N) is 3. The number of hydrogen-bond acceptors (Lipinski definition) is 5. The van der Waals surface area contributed by atoms with E-state index >= 15 is 0 Å². The molecule has 5 heteroatoms. The van der Waals surface area contributed by atoms with Gasteiger partial charge in [-0.3, -0.25) is 0 Å². The number of rotatable bonds is 4. The van der Waals surface area contributed by atoms with Crippen molar-refractivity contribution in [3.05, 3.63) is 47.7 Å². The van der Waals surface area contributed by atoms with E-state index in [9.17, 15) is 0 Å². The van der Waals surface area contributed by atoms with E-state index in [1.54, 1.807) is 23.7 Å². The van der Waals surface area contributed by atoms with Crippen molar-refractivity contribution in [2.45, 2.75) is 12.8 Å². The molecule has 0 fully saturated rings. The van der Waals surface area contributed by atoms with Gasteiger partial charge in [-0.15, -0.1) is 11.3 Å². The second-order valence-corrected chi connectivity index (χ2v) is 5.44. The van der Waals surface area contributed by atoms with E-state index < -0.39 is 0 Å². The number of anilines is 1. The summed E-state index contributed by atoms with van der Waals surface area (Å²) < 4.78 is 1.24. The summed E-state index contributed by atoms with van der Waals surface area (Å²) in [7, 11) is 0. The molecule has 3 rings (SSSR count). The Morgan fingerprint density at radius 2 is 1.95 bits per heavy atom. The molecule has 0 bridgehead atoms. The van der Waals surface area contributed by atoms with Crippen LogP contribution in [0.4, 0.5) is 5.95 Å². The van der Waals surface area contributed by atoms with E-state index in [1.165, 1.54) is 4.70 Å². The SMILES string of the molecule is C[C@@H](CNc1ncccn1)c1nc2ccccc2s1. The summed E-state index contributed by atoms with van der Waals surface area (Å²) in [6.45, 7) is 2.94. The molecule has 0 saturated carbocycles. The first-order valence-corrected chi connectivity index (χ1v) is 7.01. The van der Waals surface area contributed by atoms with Crippen LogP contribution in [0.15, 0.2) is 42.7 Å². The Labute approximate surface area is 115 Å². The number of benzene rings is 1. The Morgan fingerprint density at radius 3 is 2.74 bits per heavy atom. The van der Waals surface area contributed by atoms with E-state index in [0.29, 0.717) is 11.9 Å². The van der Waals surface area contributed by atoms with Gasteiger partial charge < -0.3 is 5.32 Å². The van der Waals surface area contributed by atoms with Gasteiger partial charge in [0.1, 0.15) is 0 Å². The van der Waals surface area contributed by atoms with Crippen molar-refractivity contribution in [3.8, 4) is 0 Å². The molecule has 19 heavy (non-hydrogen) atoms. The van der Waals surface area contributed by atoms with Crippen LogP contribution >= 0.6 is 11.3 Å². The molecule has 0 aliphatic carbocycles. The molecule has 0 amide bonds. The molecule has 1 atom stereocenters. The van der Waals surface area contributed by atoms with E-state index in [4.69, 9.17) is 0 Å². The molecule has 1 N–H and O–H groups in total. The fraction of sp³-hybridized carbons (Fsp3) is 0.214. The van der Waals surface area contributed by atoms with Crippen LogP contribution in [-0.4, -0.2) is 21.5 Å². The summed E-state index contributed by atoms with van der Waals surface area (Å²) in [4.78, 5) is 13.0. The first-order valence-electron chi connectivity index (χ1n) is 6.19. The van der Waals surface area contributed by atoms with Crippen LogP contribution in [0.25, 0.3) is 10.2 Å². The number of para-hydroxylation sites is 1. The van der Waals surface area contributed by atoms with Crippen molar-refractivity contribution < 1.29 is 0 Å². The smallest absolute Gasteiger partial charge is 0.222 e. The minimum atomic E-state index is 0.334. The van der Waals surface area contributed by atoms with Crippen molar-refractivity contribution in [3.63, 3.8) is 0 Å². The minimum absolute atomic E-state index is 0.334. The van der Waals surface area contributed by atoms with Crippen molar-refractivity contribution >= 4 is 27.5 Å². The predicted molar refractivity (Wildman–Crippen MR) is 78.6 cm³/mol. The lowest BCUT2D eigenvalue weighted by Gasteiger charge is -2.09. The topological polar surface area (TPSA) is 50.7 Å². The number of nitrogens with one attached hydrogen (secondary N) is 1. The zero-order valence-corrected chi connectivity index (χ0v) is 11.4. The molecule has 0 unspecified atom stereocenters. The molecule has 0 aliphatic rings. The van der Waals surface area contributed by atoms with Crippen LogP contribution in [0, 0.1) is 0 Å². The molecule has 96 valence electrons. The number of aromatic nitrogens is 3. The highest BCUT2D eigenvalue weighted by Gasteiger charge is 2.11. The van der Waals surface area contributed by atoms with Gasteiger partial charge in [0.2, 0.25) is 5.95 Å². The van der Waals surface area contributed by atoms with Gasteiger partial charge in [0.25, 0.3) is 0 Å². The normalized spacial score (nSPS) is 12.5. The summed E-state index contributed by atoms with van der Waals surface area (Å²) >= 11 is 1.75. The quantitative estimate of drug-likeness (QED) is 0.790. The first kappa shape index (κ1) is 12.0. The second-order valence-electron chi connectivity index (χ2n) is 4.37. The molecular formula is C14H14N4S. The molecule has 2 heterocycles. The van der Waals surface area contributed by atoms with Gasteiger partial charge in [-0.25, -0.2) is 15.0 Å². The third kappa shape index (κ3) is 2.71. The number of hydrogen-bond donors (Lipinski definition) is 1. The minimum Gasteiger partial charge on any atom is -0.354 e. The van der Waals surface area contributed by atoms with E-state index in [1.807, 2.05) is 18.2 Å². The van der Waals surface area contributed by atoms with Crippen molar-refractivity contribution in [2.75, 3.05) is 11.9 Å². The predicted octanol–water partition coefficient (Wildman–Crippen LogP) is 3.30. The van der Waals surface area contributed by atoms with Crippen molar-refractivity contribution in [1.82, 2.24) is 15.0 Å². The molecule has 2 aromatic heterocycles. The molecule has 0 saturated heterocycles. The Balaban J connectivity index is 1.71. The molecule has 3 aromatic rings. The lowest BCUT2D eigenvalue weighted by atomic mass is 10.2. The van der Waals surface area contributed by atoms with E-state index in [2.05, 4.69) is 39.3 Å². The third-order valence-electron chi connectivity index (χ3n) is 2.86. The summed E-state index contributed by atoms with van der Waals surface area (Å²) in [6.07, 6.45) is 3.47. The van der Waals surface area contributed by atoms with Crippen molar-refractivity contribution in [1.29, 1.82) is 0 Å². The van der Waals surface area contributed by atoms with Crippen LogP contribution in [0.2, 0.25) is 0 Å². The van der Waals surface area contributed by atoms with Gasteiger partial charge >= 0.3 is 0 Å². The average molecular weight is 270 g/mol. The Morgan fingerprint density at radius 1 is 1.16 bits per heavy atom. The Bertz CT molecular complexity index is 632. The third-order valence-corrected chi connectivity index (χ3v) is 4.13. The van der Waals surface area contributed by atoms with Gasteiger partial charge in [-0.2, -0.15) is 0 Å². The fourth-order valence-corrected chi connectivity index (χ4v) is 2.84. The van der Waals surface area contributed by atoms with E-state index in [-0.39, 0.29) is 0 Å². The molecule has 0 radical (unpaired) electrons. The highest BCUT2D eigenvalue weighted by Crippen LogP contribution is 2.27. The maximum Gasteiger partial charge on any atom is 0.222 e. The standard InChI is InChI=1S/C14H14N4S/c1-10(9-17-14-15-7-4-8-16-14)13-18-11-5-2-3-6-12(11)19-13/h2-8,10H,9H2,1H3,(H,15,16,17)/t10-/m0/s1. The summed E-state index contributed by atoms with van der Waals surface area (Å²) in [5.74, 6) is 0.997. The molecule has 4 nitrogen and oxygen atoms in total. The van der Waals surface area contributed by atoms with Crippen LogP contribution in [-0.2, 0) is 0 Å². The van der Waals surface area contributed by atoms with Crippen LogP contribution < -0.4 is 5.32 Å². The van der Waals surface area contributed by atoms with E-state index in [0.717, 1.165) is 17.1 Å². The zero-order chi connectivity index (χ0) is 13.1. The first-order chi connectivity index (χ1) is 9.33. The highest BCUT2D eigenvalue weighted by molar-refractivity contribution is 7.18. The Kier molecular flexibility index (Phi) is 3.37. The fourth-order valence-electron chi connectivity index (χ4n) is 1.82. The maximum atomic E-state index is 4.66. The van der Waals surface area contributed by atoms with Gasteiger partial charge in [-0.1, -0.05) is 19.1 Å². The second kappa shape index (κ2) is 5.32. The van der Waals surface area contributed by atoms with Crippen LogP contribution in [0.1, 0.15) is 17.8 Å². The summed E-state index contributed by atoms with van der Waals surface area (Å²) in [6, 6.07) is 10.0. The highest BCUT2D eigenvalue weighted by atomic mass is 32.1. The summed E-state index contributed by atoms with van der Waals surface area (Å²) in [5, 5.41) is 4.37. The monoisotopic (exact) mass is 270 g/mol. The Hall–Kier alpha value is -2.01. The van der Waals surface area contributed by atoms with Crippen molar-refractivity contribution in [2.24, 2.45) is 0 Å². The van der Waals surface area contributed by atoms with Crippen LogP contribution in [0.5, 0.6) is 0 Å². The maximum absolute atomic E-state index is 4.66. The van der Waals surface area contributed by atoms with Gasteiger partial charge in [-0.05, 0) is 18.2 Å². The summed E-state index contributed by atoms with van der Waals surface area (Å²) in [5.41, 5.74) is 1.07. The lowest BCUT2D eigenvalue weighted by molar-refractivity contribution is 0.790. The lowest BCUT2D eigenvalue weighted by Crippen LogP contribution is -2.11. The zero-order valence-electron chi connectivity index (χ0n) is 10.6. The number of thiazole rings is 1. The average Bonchev–Trinajstić information content (AvgIpc) is 2.90. The van der Waals surface area contributed by atoms with Gasteiger partial charge in [0.05, 0.1) is 15.2 Å². The molecule has 1 aromatic carbocycles. The molecule has 0 aliphatic heterocycles. The molecular weight excluding hydrogens is 256 g/mol. The van der Waals surface area contributed by atoms with Gasteiger partial charge in [0, 0.05) is 24.9 Å². The number of fused-ring (bicyclic) bond motifs is 1. The van der Waals surface area contributed by atoms with Gasteiger partial charge in [0.15, 0.2) is 0 Å². The van der Waals surface area contributed by atoms with Crippen LogP contribution in [0.3, 0.4) is 0 Å².